The smallest absolute Gasteiger partial charge is 0.223 e. The number of nitrogens with zero attached hydrogens (tertiary/aromatic N) is 1. The Balaban J connectivity index is 2.04. The number of rotatable bonds is 2. The van der Waals surface area contributed by atoms with Crippen molar-refractivity contribution in [2.75, 3.05) is 6.61 Å². The average Bonchev–Trinajstić information content (AvgIpc) is 2.49. The van der Waals surface area contributed by atoms with Gasteiger partial charge in [-0.2, -0.15) is 0 Å². The Kier molecular flexibility index (Phi) is 3.85. The lowest BCUT2D eigenvalue weighted by molar-refractivity contribution is -0.131. The Morgan fingerprint density at radius 2 is 1.88 bits per heavy atom. The van der Waals surface area contributed by atoms with Crippen molar-refractivity contribution in [1.29, 1.82) is 0 Å². The maximum absolute atomic E-state index is 12.0. The minimum absolute atomic E-state index is 0.149. The molecule has 3 nitrogen and oxygen atoms in total. The predicted octanol–water partition coefficient (Wildman–Crippen LogP) is 1.94. The van der Waals surface area contributed by atoms with Crippen molar-refractivity contribution in [2.24, 2.45) is 5.92 Å². The maximum Gasteiger partial charge on any atom is 0.223 e. The van der Waals surface area contributed by atoms with E-state index >= 15 is 0 Å². The summed E-state index contributed by atoms with van der Waals surface area (Å²) in [6, 6.07) is 0.683. The highest BCUT2D eigenvalue weighted by atomic mass is 16.3. The van der Waals surface area contributed by atoms with E-state index < -0.39 is 0 Å². The molecule has 2 fully saturated rings. The molecule has 92 valence electrons. The van der Waals surface area contributed by atoms with Gasteiger partial charge in [-0.1, -0.05) is 25.7 Å². The van der Waals surface area contributed by atoms with E-state index in [4.69, 9.17) is 0 Å². The lowest BCUT2D eigenvalue weighted by Gasteiger charge is -2.32. The largest absolute Gasteiger partial charge is 0.396 e. The molecular formula is C13H23NO2. The molecule has 1 saturated heterocycles. The van der Waals surface area contributed by atoms with Crippen LogP contribution >= 0.6 is 0 Å². The van der Waals surface area contributed by atoms with E-state index in [2.05, 4.69) is 11.8 Å². The van der Waals surface area contributed by atoms with Crippen molar-refractivity contribution in [1.82, 2.24) is 4.90 Å². The van der Waals surface area contributed by atoms with E-state index in [0.717, 1.165) is 12.8 Å². The SMILES string of the molecule is CC1C(CO)CC(=O)N1C1CCCCCC1. The monoisotopic (exact) mass is 225 g/mol. The Hall–Kier alpha value is -0.570. The molecule has 1 saturated carbocycles. The van der Waals surface area contributed by atoms with E-state index in [9.17, 15) is 9.90 Å². The summed E-state index contributed by atoms with van der Waals surface area (Å²) >= 11 is 0. The van der Waals surface area contributed by atoms with Gasteiger partial charge >= 0.3 is 0 Å². The second-order valence-electron chi connectivity index (χ2n) is 5.33. The molecule has 16 heavy (non-hydrogen) atoms. The summed E-state index contributed by atoms with van der Waals surface area (Å²) in [7, 11) is 0. The van der Waals surface area contributed by atoms with Gasteiger partial charge in [0.25, 0.3) is 0 Å². The van der Waals surface area contributed by atoms with E-state index in [-0.39, 0.29) is 24.5 Å². The van der Waals surface area contributed by atoms with Crippen LogP contribution in [0.1, 0.15) is 51.9 Å². The molecule has 1 heterocycles. The van der Waals surface area contributed by atoms with Crippen LogP contribution in [0.2, 0.25) is 0 Å². The lowest BCUT2D eigenvalue weighted by Crippen LogP contribution is -2.42. The minimum Gasteiger partial charge on any atom is -0.396 e. The third-order valence-corrected chi connectivity index (χ3v) is 4.30. The predicted molar refractivity (Wildman–Crippen MR) is 63.0 cm³/mol. The van der Waals surface area contributed by atoms with Crippen molar-refractivity contribution in [3.05, 3.63) is 0 Å². The van der Waals surface area contributed by atoms with Gasteiger partial charge in [0, 0.05) is 31.0 Å². The van der Waals surface area contributed by atoms with Gasteiger partial charge in [0.1, 0.15) is 0 Å². The van der Waals surface area contributed by atoms with Gasteiger partial charge in [0.15, 0.2) is 0 Å². The topological polar surface area (TPSA) is 40.5 Å². The molecule has 0 aromatic carbocycles. The van der Waals surface area contributed by atoms with Crippen molar-refractivity contribution < 1.29 is 9.90 Å². The summed E-state index contributed by atoms with van der Waals surface area (Å²) in [5.74, 6) is 0.425. The number of aliphatic hydroxyl groups is 1. The number of carbonyl (C=O) groups excluding carboxylic acids is 1. The Labute approximate surface area is 97.8 Å². The van der Waals surface area contributed by atoms with Gasteiger partial charge in [0.2, 0.25) is 5.91 Å². The zero-order valence-electron chi connectivity index (χ0n) is 10.2. The highest BCUT2D eigenvalue weighted by Gasteiger charge is 2.39. The molecule has 2 aliphatic rings. The van der Waals surface area contributed by atoms with Gasteiger partial charge < -0.3 is 10.0 Å². The molecule has 1 N–H and O–H groups in total. The second kappa shape index (κ2) is 5.17. The van der Waals surface area contributed by atoms with Crippen LogP contribution in [-0.2, 0) is 4.79 Å². The summed E-state index contributed by atoms with van der Waals surface area (Å²) in [6.45, 7) is 2.24. The van der Waals surface area contributed by atoms with Gasteiger partial charge in [-0.15, -0.1) is 0 Å². The highest BCUT2D eigenvalue weighted by Crippen LogP contribution is 2.32. The average molecular weight is 225 g/mol. The molecule has 3 heteroatoms. The summed E-state index contributed by atoms with van der Waals surface area (Å²) in [4.78, 5) is 14.1. The Morgan fingerprint density at radius 1 is 1.25 bits per heavy atom. The third-order valence-electron chi connectivity index (χ3n) is 4.30. The van der Waals surface area contributed by atoms with Gasteiger partial charge in [0.05, 0.1) is 0 Å². The number of carbonyl (C=O) groups is 1. The quantitative estimate of drug-likeness (QED) is 0.730. The van der Waals surface area contributed by atoms with Gasteiger partial charge in [-0.25, -0.2) is 0 Å². The summed E-state index contributed by atoms with van der Waals surface area (Å²) in [5, 5.41) is 9.25. The molecule has 2 rings (SSSR count). The molecule has 1 aliphatic carbocycles. The molecular weight excluding hydrogens is 202 g/mol. The van der Waals surface area contributed by atoms with Crippen LogP contribution in [0.25, 0.3) is 0 Å². The van der Waals surface area contributed by atoms with Crippen molar-refractivity contribution in [3.63, 3.8) is 0 Å². The Bertz CT molecular complexity index is 246. The highest BCUT2D eigenvalue weighted by molar-refractivity contribution is 5.79. The molecule has 0 radical (unpaired) electrons. The van der Waals surface area contributed by atoms with E-state index in [1.54, 1.807) is 0 Å². The van der Waals surface area contributed by atoms with E-state index in [0.29, 0.717) is 12.5 Å². The number of likely N-dealkylation sites (tertiary alicyclic amines) is 1. The molecule has 0 spiro atoms. The fourth-order valence-electron chi connectivity index (χ4n) is 3.24. The second-order valence-corrected chi connectivity index (χ2v) is 5.33. The fourth-order valence-corrected chi connectivity index (χ4v) is 3.24. The fraction of sp³-hybridized carbons (Fsp3) is 0.923. The first kappa shape index (κ1) is 11.9. The van der Waals surface area contributed by atoms with Crippen molar-refractivity contribution in [2.45, 2.75) is 64.0 Å². The molecule has 2 atom stereocenters. The molecule has 1 amide bonds. The van der Waals surface area contributed by atoms with Crippen LogP contribution in [0, 0.1) is 5.92 Å². The third kappa shape index (κ3) is 2.24. The van der Waals surface area contributed by atoms with Crippen molar-refractivity contribution in [3.8, 4) is 0 Å². The minimum atomic E-state index is 0.149. The summed E-state index contributed by atoms with van der Waals surface area (Å²) in [6.07, 6.45) is 8.01. The Morgan fingerprint density at radius 3 is 2.38 bits per heavy atom. The number of aliphatic hydroxyl groups excluding tert-OH is 1. The van der Waals surface area contributed by atoms with Crippen LogP contribution in [0.3, 0.4) is 0 Å². The van der Waals surface area contributed by atoms with Crippen LogP contribution in [0.5, 0.6) is 0 Å². The van der Waals surface area contributed by atoms with Crippen LogP contribution < -0.4 is 0 Å². The van der Waals surface area contributed by atoms with Crippen LogP contribution in [0.15, 0.2) is 0 Å². The summed E-state index contributed by atoms with van der Waals surface area (Å²) < 4.78 is 0. The first-order valence-electron chi connectivity index (χ1n) is 6.66. The molecule has 1 aliphatic heterocycles. The normalized spacial score (nSPS) is 33.1. The molecule has 0 aromatic rings. The van der Waals surface area contributed by atoms with Gasteiger partial charge in [-0.05, 0) is 19.8 Å². The number of hydrogen-bond acceptors (Lipinski definition) is 2. The molecule has 0 aromatic heterocycles. The van der Waals surface area contributed by atoms with Crippen LogP contribution in [0.4, 0.5) is 0 Å². The first-order chi connectivity index (χ1) is 7.74. The zero-order chi connectivity index (χ0) is 11.5. The number of hydrogen-bond donors (Lipinski definition) is 1. The number of amides is 1. The van der Waals surface area contributed by atoms with Crippen LogP contribution in [-0.4, -0.2) is 34.6 Å². The first-order valence-corrected chi connectivity index (χ1v) is 6.66. The zero-order valence-corrected chi connectivity index (χ0v) is 10.2. The van der Waals surface area contributed by atoms with Gasteiger partial charge in [-0.3, -0.25) is 4.79 Å². The lowest BCUT2D eigenvalue weighted by atomic mass is 10.0. The maximum atomic E-state index is 12.0. The molecule has 0 bridgehead atoms. The van der Waals surface area contributed by atoms with E-state index in [1.807, 2.05) is 0 Å². The molecule has 2 unspecified atom stereocenters. The standard InChI is InChI=1S/C13H23NO2/c1-10-11(9-15)8-13(16)14(10)12-6-4-2-3-5-7-12/h10-12,15H,2-9H2,1H3. The summed E-state index contributed by atoms with van der Waals surface area (Å²) in [5.41, 5.74) is 0. The van der Waals surface area contributed by atoms with Crippen molar-refractivity contribution >= 4 is 5.91 Å². The van der Waals surface area contributed by atoms with E-state index in [1.165, 1.54) is 25.7 Å².